The zero-order valence-electron chi connectivity index (χ0n) is 15.1. The lowest BCUT2D eigenvalue weighted by Gasteiger charge is -2.07. The van der Waals surface area contributed by atoms with Gasteiger partial charge in [-0.2, -0.15) is 10.2 Å². The first kappa shape index (κ1) is 24.1. The standard InChI is InChI=1S/C18H14Br2Cl2N4O4/c19-13-7-11(21)1-3-15(13)29-9-17(27)25-23-5-6-24-26-18(28)10-30-16-4-2-12(22)8-14(16)20/h1-8H,9-10H2,(H,25,27)(H,26,28)/b23-5+,24-6+. The molecular formula is C18H14Br2Cl2N4O4. The summed E-state index contributed by atoms with van der Waals surface area (Å²) in [7, 11) is 0. The van der Waals surface area contributed by atoms with Gasteiger partial charge < -0.3 is 9.47 Å². The molecule has 0 heterocycles. The van der Waals surface area contributed by atoms with Crippen molar-refractivity contribution in [3.8, 4) is 11.5 Å². The van der Waals surface area contributed by atoms with E-state index < -0.39 is 11.8 Å². The maximum Gasteiger partial charge on any atom is 0.277 e. The van der Waals surface area contributed by atoms with Gasteiger partial charge in [0.05, 0.1) is 21.4 Å². The molecule has 2 rings (SSSR count). The molecule has 2 aromatic carbocycles. The van der Waals surface area contributed by atoms with Crippen molar-refractivity contribution in [1.29, 1.82) is 0 Å². The molecule has 0 saturated heterocycles. The Morgan fingerprint density at radius 1 is 0.833 bits per heavy atom. The van der Waals surface area contributed by atoms with Gasteiger partial charge in [0, 0.05) is 10.0 Å². The molecule has 0 aliphatic heterocycles. The molecule has 0 radical (unpaired) electrons. The van der Waals surface area contributed by atoms with E-state index in [0.29, 0.717) is 30.5 Å². The lowest BCUT2D eigenvalue weighted by molar-refractivity contribution is -0.123. The number of nitrogens with zero attached hydrogens (tertiary/aromatic N) is 2. The van der Waals surface area contributed by atoms with Crippen molar-refractivity contribution in [3.05, 3.63) is 55.4 Å². The lowest BCUT2D eigenvalue weighted by atomic mass is 10.3. The first-order valence-corrected chi connectivity index (χ1v) is 10.5. The van der Waals surface area contributed by atoms with E-state index in [0.717, 1.165) is 0 Å². The molecule has 0 unspecified atom stereocenters. The topological polar surface area (TPSA) is 101 Å². The summed E-state index contributed by atoms with van der Waals surface area (Å²) in [6.45, 7) is -0.494. The van der Waals surface area contributed by atoms with Gasteiger partial charge in [-0.15, -0.1) is 0 Å². The fourth-order valence-corrected chi connectivity index (χ4v) is 3.42. The number of halogens is 4. The number of ether oxygens (including phenoxy) is 2. The van der Waals surface area contributed by atoms with Gasteiger partial charge in [-0.3, -0.25) is 9.59 Å². The Bertz CT molecular complexity index is 896. The van der Waals surface area contributed by atoms with E-state index >= 15 is 0 Å². The van der Waals surface area contributed by atoms with Gasteiger partial charge in [-0.05, 0) is 68.3 Å². The van der Waals surface area contributed by atoms with E-state index in [4.69, 9.17) is 32.7 Å². The molecule has 0 fully saturated rings. The third-order valence-corrected chi connectivity index (χ3v) is 4.81. The van der Waals surface area contributed by atoms with Gasteiger partial charge in [0.15, 0.2) is 13.2 Å². The van der Waals surface area contributed by atoms with Crippen LogP contribution in [0, 0.1) is 0 Å². The second-order valence-corrected chi connectivity index (χ2v) is 7.93. The van der Waals surface area contributed by atoms with Crippen LogP contribution in [0.25, 0.3) is 0 Å². The Kier molecular flexibility index (Phi) is 10.1. The Hall–Kier alpha value is -2.14. The van der Waals surface area contributed by atoms with Crippen LogP contribution in [0.15, 0.2) is 55.5 Å². The summed E-state index contributed by atoms with van der Waals surface area (Å²) >= 11 is 18.2. The highest BCUT2D eigenvalue weighted by molar-refractivity contribution is 9.10. The Labute approximate surface area is 198 Å². The third kappa shape index (κ3) is 8.70. The zero-order chi connectivity index (χ0) is 21.9. The van der Waals surface area contributed by atoms with Crippen LogP contribution in [0.1, 0.15) is 0 Å². The first-order valence-electron chi connectivity index (χ1n) is 8.13. The highest BCUT2D eigenvalue weighted by atomic mass is 79.9. The molecule has 0 atom stereocenters. The van der Waals surface area contributed by atoms with Gasteiger partial charge in [0.2, 0.25) is 0 Å². The summed E-state index contributed by atoms with van der Waals surface area (Å²) in [6.07, 6.45) is 2.38. The molecule has 2 N–H and O–H groups in total. The van der Waals surface area contributed by atoms with E-state index in [2.05, 4.69) is 52.9 Å². The highest BCUT2D eigenvalue weighted by Gasteiger charge is 2.06. The van der Waals surface area contributed by atoms with Crippen LogP contribution in [0.2, 0.25) is 10.0 Å². The second kappa shape index (κ2) is 12.5. The minimum atomic E-state index is -0.479. The number of benzene rings is 2. The van der Waals surface area contributed by atoms with Crippen molar-refractivity contribution >= 4 is 79.3 Å². The van der Waals surface area contributed by atoms with Crippen LogP contribution in [-0.2, 0) is 9.59 Å². The number of nitrogens with one attached hydrogen (secondary N) is 2. The van der Waals surface area contributed by atoms with Crippen molar-refractivity contribution in [3.63, 3.8) is 0 Å². The number of carbonyl (C=O) groups excluding carboxylic acids is 2. The van der Waals surface area contributed by atoms with Gasteiger partial charge >= 0.3 is 0 Å². The Morgan fingerprint density at radius 3 is 1.60 bits per heavy atom. The second-order valence-electron chi connectivity index (χ2n) is 5.35. The fraction of sp³-hybridized carbons (Fsp3) is 0.111. The van der Waals surface area contributed by atoms with Gasteiger partial charge in [0.1, 0.15) is 11.5 Å². The molecule has 0 bridgehead atoms. The minimum absolute atomic E-state index is 0.247. The number of hydrogen-bond donors (Lipinski definition) is 2. The van der Waals surface area contributed by atoms with Crippen LogP contribution in [0.5, 0.6) is 11.5 Å². The van der Waals surface area contributed by atoms with E-state index in [1.54, 1.807) is 36.4 Å². The van der Waals surface area contributed by atoms with E-state index in [1.165, 1.54) is 12.4 Å². The van der Waals surface area contributed by atoms with E-state index in [1.807, 2.05) is 0 Å². The summed E-state index contributed by atoms with van der Waals surface area (Å²) < 4.78 is 11.9. The molecule has 0 saturated carbocycles. The molecule has 2 amide bonds. The minimum Gasteiger partial charge on any atom is -0.483 e. The van der Waals surface area contributed by atoms with E-state index in [-0.39, 0.29) is 13.2 Å². The predicted octanol–water partition coefficient (Wildman–Crippen LogP) is 4.18. The molecule has 0 aromatic heterocycles. The summed E-state index contributed by atoms with van der Waals surface area (Å²) in [6, 6.07) is 9.85. The SMILES string of the molecule is O=C(COc1ccc(Cl)cc1Br)N/N=C/C=N/NC(=O)COc1ccc(Cl)cc1Br. The van der Waals surface area contributed by atoms with Crippen molar-refractivity contribution in [2.45, 2.75) is 0 Å². The van der Waals surface area contributed by atoms with Gasteiger partial charge in [-0.25, -0.2) is 10.9 Å². The van der Waals surface area contributed by atoms with Crippen LogP contribution in [0.3, 0.4) is 0 Å². The number of hydrogen-bond acceptors (Lipinski definition) is 6. The smallest absolute Gasteiger partial charge is 0.277 e. The van der Waals surface area contributed by atoms with Crippen LogP contribution < -0.4 is 20.3 Å². The van der Waals surface area contributed by atoms with E-state index in [9.17, 15) is 9.59 Å². The predicted molar refractivity (Wildman–Crippen MR) is 123 cm³/mol. The largest absolute Gasteiger partial charge is 0.483 e. The summed E-state index contributed by atoms with van der Waals surface area (Å²) in [4.78, 5) is 23.3. The normalized spacial score (nSPS) is 10.9. The van der Waals surface area contributed by atoms with Crippen LogP contribution in [0.4, 0.5) is 0 Å². The van der Waals surface area contributed by atoms with Crippen molar-refractivity contribution in [1.82, 2.24) is 10.9 Å². The van der Waals surface area contributed by atoms with Crippen molar-refractivity contribution in [2.75, 3.05) is 13.2 Å². The summed E-state index contributed by atoms with van der Waals surface area (Å²) in [5.74, 6) is -0.0220. The monoisotopic (exact) mass is 578 g/mol. The molecule has 0 aliphatic rings. The maximum atomic E-state index is 11.7. The number of amides is 2. The van der Waals surface area contributed by atoms with Gasteiger partial charge in [0.25, 0.3) is 11.8 Å². The molecular weight excluding hydrogens is 567 g/mol. The molecule has 2 aromatic rings. The Balaban J connectivity index is 1.64. The molecule has 0 aliphatic carbocycles. The first-order chi connectivity index (χ1) is 14.3. The lowest BCUT2D eigenvalue weighted by Crippen LogP contribution is -2.25. The molecule has 158 valence electrons. The fourth-order valence-electron chi connectivity index (χ4n) is 1.82. The average Bonchev–Trinajstić information content (AvgIpc) is 2.69. The molecule has 0 spiro atoms. The van der Waals surface area contributed by atoms with Crippen molar-refractivity contribution < 1.29 is 19.1 Å². The van der Waals surface area contributed by atoms with Crippen molar-refractivity contribution in [2.24, 2.45) is 10.2 Å². The molecule has 30 heavy (non-hydrogen) atoms. The van der Waals surface area contributed by atoms with Gasteiger partial charge in [-0.1, -0.05) is 23.2 Å². The average molecular weight is 581 g/mol. The summed E-state index contributed by atoms with van der Waals surface area (Å²) in [5, 5.41) is 8.37. The molecule has 8 nitrogen and oxygen atoms in total. The zero-order valence-corrected chi connectivity index (χ0v) is 19.8. The van der Waals surface area contributed by atoms with Crippen LogP contribution in [-0.4, -0.2) is 37.5 Å². The van der Waals surface area contributed by atoms with Crippen LogP contribution >= 0.6 is 55.1 Å². The third-order valence-electron chi connectivity index (χ3n) is 3.10. The quantitative estimate of drug-likeness (QED) is 0.343. The number of hydrazone groups is 2. The summed E-state index contributed by atoms with van der Waals surface area (Å²) in [5.41, 5.74) is 4.50. The number of rotatable bonds is 9. The number of carbonyl (C=O) groups is 2. The maximum absolute atomic E-state index is 11.7. The molecule has 12 heteroatoms. The highest BCUT2D eigenvalue weighted by Crippen LogP contribution is 2.28. The Morgan fingerprint density at radius 2 is 1.23 bits per heavy atom.